The second kappa shape index (κ2) is 4.84. The fraction of sp³-hybridized carbons (Fsp3) is 0.667. The zero-order valence-electron chi connectivity index (χ0n) is 8.16. The lowest BCUT2D eigenvalue weighted by molar-refractivity contribution is -0.0902. The molecule has 2 rings (SSSR count). The molecule has 0 amide bonds. The van der Waals surface area contributed by atoms with E-state index in [0.29, 0.717) is 19.8 Å². The van der Waals surface area contributed by atoms with Crippen molar-refractivity contribution >= 4 is 11.3 Å². The van der Waals surface area contributed by atoms with Crippen molar-refractivity contribution in [3.63, 3.8) is 0 Å². The molecule has 1 aromatic rings. The molecule has 1 atom stereocenters. The fourth-order valence-corrected chi connectivity index (χ4v) is 2.21. The van der Waals surface area contributed by atoms with Gasteiger partial charge in [0.05, 0.1) is 25.5 Å². The molecule has 0 aliphatic carbocycles. The maximum atomic E-state index is 5.56. The monoisotopic (exact) mass is 214 g/mol. The van der Waals surface area contributed by atoms with Crippen LogP contribution in [0.4, 0.5) is 0 Å². The fourth-order valence-electron chi connectivity index (χ4n) is 1.36. The molecule has 1 saturated heterocycles. The summed E-state index contributed by atoms with van der Waals surface area (Å²) in [6.45, 7) is 2.81. The summed E-state index contributed by atoms with van der Waals surface area (Å²) >= 11 is 1.64. The molecule has 0 aromatic carbocycles. The van der Waals surface area contributed by atoms with Crippen molar-refractivity contribution in [3.05, 3.63) is 16.1 Å². The highest BCUT2D eigenvalue weighted by molar-refractivity contribution is 7.09. The standard InChI is InChI=1S/C9H14N2O2S/c1-10-4-7-6-14-9(11-7)8-5-12-2-3-13-8/h6,8,10H,2-5H2,1H3. The lowest BCUT2D eigenvalue weighted by atomic mass is 10.3. The summed E-state index contributed by atoms with van der Waals surface area (Å²) in [7, 11) is 1.92. The largest absolute Gasteiger partial charge is 0.376 e. The Morgan fingerprint density at radius 3 is 3.29 bits per heavy atom. The summed E-state index contributed by atoms with van der Waals surface area (Å²) in [5, 5.41) is 6.15. The van der Waals surface area contributed by atoms with Gasteiger partial charge in [0.2, 0.25) is 0 Å². The highest BCUT2D eigenvalue weighted by Gasteiger charge is 2.19. The van der Waals surface area contributed by atoms with Gasteiger partial charge in [-0.2, -0.15) is 0 Å². The van der Waals surface area contributed by atoms with Gasteiger partial charge in [0.25, 0.3) is 0 Å². The predicted octanol–water partition coefficient (Wildman–Crippen LogP) is 0.950. The first-order valence-electron chi connectivity index (χ1n) is 4.68. The van der Waals surface area contributed by atoms with Crippen LogP contribution in [0.5, 0.6) is 0 Å². The Morgan fingerprint density at radius 1 is 1.64 bits per heavy atom. The summed E-state index contributed by atoms with van der Waals surface area (Å²) in [5.41, 5.74) is 1.07. The van der Waals surface area contributed by atoms with E-state index in [9.17, 15) is 0 Å². The first-order valence-corrected chi connectivity index (χ1v) is 5.56. The van der Waals surface area contributed by atoms with Crippen LogP contribution < -0.4 is 5.32 Å². The smallest absolute Gasteiger partial charge is 0.132 e. The number of hydrogen-bond acceptors (Lipinski definition) is 5. The van der Waals surface area contributed by atoms with Gasteiger partial charge in [-0.3, -0.25) is 0 Å². The maximum absolute atomic E-state index is 5.56. The summed E-state index contributed by atoms with van der Waals surface area (Å²) in [4.78, 5) is 4.47. The molecular formula is C9H14N2O2S. The van der Waals surface area contributed by atoms with Crippen LogP contribution in [0, 0.1) is 0 Å². The van der Waals surface area contributed by atoms with E-state index in [4.69, 9.17) is 9.47 Å². The molecule has 1 N–H and O–H groups in total. The molecule has 14 heavy (non-hydrogen) atoms. The molecular weight excluding hydrogens is 200 g/mol. The summed E-state index contributed by atoms with van der Waals surface area (Å²) in [6.07, 6.45) is 0.0411. The Balaban J connectivity index is 2.00. The van der Waals surface area contributed by atoms with E-state index in [2.05, 4.69) is 15.7 Å². The van der Waals surface area contributed by atoms with Gasteiger partial charge in [0.15, 0.2) is 0 Å². The van der Waals surface area contributed by atoms with Crippen molar-refractivity contribution in [1.29, 1.82) is 0 Å². The van der Waals surface area contributed by atoms with Gasteiger partial charge in [-0.1, -0.05) is 0 Å². The average molecular weight is 214 g/mol. The number of nitrogens with one attached hydrogen (secondary N) is 1. The molecule has 1 aliphatic rings. The van der Waals surface area contributed by atoms with Crippen molar-refractivity contribution < 1.29 is 9.47 Å². The highest BCUT2D eigenvalue weighted by Crippen LogP contribution is 2.23. The number of nitrogens with zero attached hydrogens (tertiary/aromatic N) is 1. The molecule has 1 aromatic heterocycles. The van der Waals surface area contributed by atoms with Crippen LogP contribution in [0.15, 0.2) is 5.38 Å². The van der Waals surface area contributed by atoms with E-state index in [0.717, 1.165) is 17.2 Å². The quantitative estimate of drug-likeness (QED) is 0.813. The summed E-state index contributed by atoms with van der Waals surface area (Å²) < 4.78 is 10.9. The Labute approximate surface area is 87.3 Å². The normalized spacial score (nSPS) is 22.5. The van der Waals surface area contributed by atoms with E-state index in [1.807, 2.05) is 7.05 Å². The molecule has 1 unspecified atom stereocenters. The lowest BCUT2D eigenvalue weighted by Gasteiger charge is -2.20. The van der Waals surface area contributed by atoms with Crippen molar-refractivity contribution in [2.75, 3.05) is 26.9 Å². The Bertz CT molecular complexity index is 284. The second-order valence-corrected chi connectivity index (χ2v) is 4.03. The van der Waals surface area contributed by atoms with Gasteiger partial charge in [0.1, 0.15) is 11.1 Å². The van der Waals surface area contributed by atoms with Gasteiger partial charge < -0.3 is 14.8 Å². The number of thiazole rings is 1. The topological polar surface area (TPSA) is 43.4 Å². The van der Waals surface area contributed by atoms with E-state index < -0.39 is 0 Å². The summed E-state index contributed by atoms with van der Waals surface area (Å²) in [5.74, 6) is 0. The molecule has 0 radical (unpaired) electrons. The predicted molar refractivity (Wildman–Crippen MR) is 54.4 cm³/mol. The van der Waals surface area contributed by atoms with Crippen LogP contribution in [0.3, 0.4) is 0 Å². The summed E-state index contributed by atoms with van der Waals surface area (Å²) in [6, 6.07) is 0. The van der Waals surface area contributed by atoms with Gasteiger partial charge in [-0.05, 0) is 7.05 Å². The Hall–Kier alpha value is -0.490. The van der Waals surface area contributed by atoms with Crippen LogP contribution in [0.2, 0.25) is 0 Å². The second-order valence-electron chi connectivity index (χ2n) is 3.14. The molecule has 0 bridgehead atoms. The lowest BCUT2D eigenvalue weighted by Crippen LogP contribution is -2.21. The minimum absolute atomic E-state index is 0.0411. The first-order chi connectivity index (χ1) is 6.90. The van der Waals surface area contributed by atoms with Crippen LogP contribution in [-0.2, 0) is 16.0 Å². The SMILES string of the molecule is CNCc1csc(C2COCCO2)n1. The molecule has 0 saturated carbocycles. The van der Waals surface area contributed by atoms with Crippen LogP contribution in [0.25, 0.3) is 0 Å². The highest BCUT2D eigenvalue weighted by atomic mass is 32.1. The van der Waals surface area contributed by atoms with Gasteiger partial charge in [0, 0.05) is 11.9 Å². The minimum Gasteiger partial charge on any atom is -0.376 e. The van der Waals surface area contributed by atoms with E-state index >= 15 is 0 Å². The minimum atomic E-state index is 0.0411. The van der Waals surface area contributed by atoms with E-state index in [1.54, 1.807) is 11.3 Å². The van der Waals surface area contributed by atoms with Crippen molar-refractivity contribution in [1.82, 2.24) is 10.3 Å². The number of hydrogen-bond donors (Lipinski definition) is 1. The molecule has 1 fully saturated rings. The Kier molecular flexibility index (Phi) is 3.47. The molecule has 0 spiro atoms. The number of rotatable bonds is 3. The average Bonchev–Trinajstić information content (AvgIpc) is 2.68. The van der Waals surface area contributed by atoms with E-state index in [-0.39, 0.29) is 6.10 Å². The zero-order valence-corrected chi connectivity index (χ0v) is 8.97. The molecule has 1 aliphatic heterocycles. The molecule has 5 heteroatoms. The molecule has 78 valence electrons. The van der Waals surface area contributed by atoms with Crippen LogP contribution >= 0.6 is 11.3 Å². The first kappa shape index (κ1) is 10.0. The van der Waals surface area contributed by atoms with Gasteiger partial charge in [-0.25, -0.2) is 4.98 Å². The third-order valence-corrected chi connectivity index (χ3v) is 3.00. The maximum Gasteiger partial charge on any atom is 0.132 e. The molecule has 2 heterocycles. The number of aromatic nitrogens is 1. The van der Waals surface area contributed by atoms with Gasteiger partial charge >= 0.3 is 0 Å². The van der Waals surface area contributed by atoms with E-state index in [1.165, 1.54) is 0 Å². The van der Waals surface area contributed by atoms with Crippen molar-refractivity contribution in [2.24, 2.45) is 0 Å². The Morgan fingerprint density at radius 2 is 2.57 bits per heavy atom. The zero-order chi connectivity index (χ0) is 9.80. The molecule has 4 nitrogen and oxygen atoms in total. The third-order valence-electron chi connectivity index (χ3n) is 2.02. The van der Waals surface area contributed by atoms with Crippen molar-refractivity contribution in [2.45, 2.75) is 12.6 Å². The van der Waals surface area contributed by atoms with Gasteiger partial charge in [-0.15, -0.1) is 11.3 Å². The van der Waals surface area contributed by atoms with Crippen LogP contribution in [-0.4, -0.2) is 31.9 Å². The third kappa shape index (κ3) is 2.30. The van der Waals surface area contributed by atoms with Crippen LogP contribution in [0.1, 0.15) is 16.8 Å². The van der Waals surface area contributed by atoms with Crippen molar-refractivity contribution in [3.8, 4) is 0 Å². The number of ether oxygens (including phenoxy) is 2.